The Morgan fingerprint density at radius 1 is 1.68 bits per heavy atom. The van der Waals surface area contributed by atoms with Crippen molar-refractivity contribution in [3.8, 4) is 0 Å². The molecule has 1 unspecified atom stereocenters. The monoisotopic (exact) mass is 271 g/mol. The second-order valence-corrected chi connectivity index (χ2v) is 4.31. The van der Waals surface area contributed by atoms with E-state index in [-0.39, 0.29) is 24.0 Å². The third-order valence-corrected chi connectivity index (χ3v) is 2.47. The van der Waals surface area contributed by atoms with Gasteiger partial charge >= 0.3 is 5.69 Å². The largest absolute Gasteiger partial charge is 0.388 e. The van der Waals surface area contributed by atoms with Crippen LogP contribution in [0.25, 0.3) is 0 Å². The molecule has 1 aromatic heterocycles. The minimum absolute atomic E-state index is 0.0183. The Labute approximate surface area is 110 Å². The fraction of sp³-hybridized carbons (Fsp3) is 0.600. The number of nitrogens with two attached hydrogens (primary N) is 1. The number of nitrogens with one attached hydrogen (secondary N) is 1. The molecule has 1 heterocycles. The van der Waals surface area contributed by atoms with Crippen molar-refractivity contribution < 1.29 is 14.8 Å². The summed E-state index contributed by atoms with van der Waals surface area (Å²) in [5.74, 6) is -0.0974. The van der Waals surface area contributed by atoms with Crippen molar-refractivity contribution in [2.45, 2.75) is 18.9 Å². The van der Waals surface area contributed by atoms with Gasteiger partial charge in [-0.1, -0.05) is 0 Å². The van der Waals surface area contributed by atoms with E-state index in [1.165, 1.54) is 7.11 Å². The molecule has 9 heteroatoms. The van der Waals surface area contributed by atoms with Crippen molar-refractivity contribution in [2.24, 2.45) is 0 Å². The van der Waals surface area contributed by atoms with Crippen LogP contribution in [0.4, 0.5) is 17.5 Å². The number of hydrogen-bond acceptors (Lipinski definition) is 8. The van der Waals surface area contributed by atoms with E-state index < -0.39 is 10.5 Å². The quantitative estimate of drug-likeness (QED) is 0.471. The van der Waals surface area contributed by atoms with Crippen molar-refractivity contribution in [3.05, 3.63) is 16.3 Å². The van der Waals surface area contributed by atoms with Gasteiger partial charge in [0.2, 0.25) is 11.8 Å². The van der Waals surface area contributed by atoms with Gasteiger partial charge in [-0.25, -0.2) is 4.98 Å². The van der Waals surface area contributed by atoms with Crippen molar-refractivity contribution in [3.63, 3.8) is 0 Å². The molecule has 0 spiro atoms. The predicted molar refractivity (Wildman–Crippen MR) is 68.7 cm³/mol. The van der Waals surface area contributed by atoms with Crippen LogP contribution in [-0.2, 0) is 4.74 Å². The molecule has 1 atom stereocenters. The zero-order chi connectivity index (χ0) is 14.5. The Morgan fingerprint density at radius 2 is 2.37 bits per heavy atom. The van der Waals surface area contributed by atoms with Gasteiger partial charge in [-0.3, -0.25) is 10.1 Å². The molecule has 0 amide bonds. The average molecular weight is 271 g/mol. The van der Waals surface area contributed by atoms with Crippen LogP contribution < -0.4 is 11.1 Å². The molecule has 1 aromatic rings. The fourth-order valence-corrected chi connectivity index (χ4v) is 1.34. The minimum Gasteiger partial charge on any atom is -0.388 e. The van der Waals surface area contributed by atoms with Crippen molar-refractivity contribution in [1.82, 2.24) is 9.97 Å². The minimum atomic E-state index is -1.08. The Balaban J connectivity index is 2.76. The standard InChI is InChI=1S/C10H17N5O4/c1-10(16,3-4-19-2)6-13-8-7(15(17)18)5-12-9(11)14-8/h5,16H,3-4,6H2,1-2H3,(H3,11,12,13,14). The van der Waals surface area contributed by atoms with Gasteiger partial charge in [0.1, 0.15) is 6.20 Å². The lowest BCUT2D eigenvalue weighted by Gasteiger charge is -2.23. The first-order valence-corrected chi connectivity index (χ1v) is 5.58. The first kappa shape index (κ1) is 15.1. The highest BCUT2D eigenvalue weighted by molar-refractivity contribution is 5.56. The van der Waals surface area contributed by atoms with Crippen LogP contribution in [0.5, 0.6) is 0 Å². The Bertz CT molecular complexity index is 452. The van der Waals surface area contributed by atoms with Gasteiger partial charge in [-0.15, -0.1) is 0 Å². The molecule has 0 aliphatic rings. The van der Waals surface area contributed by atoms with Crippen LogP contribution in [0.3, 0.4) is 0 Å². The lowest BCUT2D eigenvalue weighted by atomic mass is 10.0. The Hall–Kier alpha value is -2.00. The molecule has 19 heavy (non-hydrogen) atoms. The molecular formula is C10H17N5O4. The third-order valence-electron chi connectivity index (χ3n) is 2.47. The highest BCUT2D eigenvalue weighted by atomic mass is 16.6. The average Bonchev–Trinajstić information content (AvgIpc) is 2.34. The van der Waals surface area contributed by atoms with Crippen LogP contribution in [0.15, 0.2) is 6.20 Å². The maximum absolute atomic E-state index is 10.8. The number of methoxy groups -OCH3 is 1. The molecule has 9 nitrogen and oxygen atoms in total. The van der Waals surface area contributed by atoms with Crippen LogP contribution in [0.1, 0.15) is 13.3 Å². The molecule has 0 aliphatic heterocycles. The van der Waals surface area contributed by atoms with Crippen molar-refractivity contribution in [2.75, 3.05) is 31.3 Å². The number of hydrogen-bond donors (Lipinski definition) is 3. The molecule has 0 fully saturated rings. The summed E-state index contributed by atoms with van der Waals surface area (Å²) >= 11 is 0. The summed E-state index contributed by atoms with van der Waals surface area (Å²) in [7, 11) is 1.53. The molecular weight excluding hydrogens is 254 g/mol. The van der Waals surface area contributed by atoms with Gasteiger partial charge in [-0.2, -0.15) is 4.98 Å². The number of ether oxygens (including phenoxy) is 1. The molecule has 0 aromatic carbocycles. The van der Waals surface area contributed by atoms with Gasteiger partial charge in [0.05, 0.1) is 10.5 Å². The lowest BCUT2D eigenvalue weighted by molar-refractivity contribution is -0.384. The normalized spacial score (nSPS) is 13.8. The van der Waals surface area contributed by atoms with E-state index in [1.54, 1.807) is 6.92 Å². The summed E-state index contributed by atoms with van der Waals surface area (Å²) in [4.78, 5) is 17.5. The second kappa shape index (κ2) is 6.25. The van der Waals surface area contributed by atoms with E-state index in [1.807, 2.05) is 0 Å². The van der Waals surface area contributed by atoms with E-state index in [9.17, 15) is 15.2 Å². The topological polar surface area (TPSA) is 136 Å². The number of aliphatic hydroxyl groups is 1. The summed E-state index contributed by atoms with van der Waals surface area (Å²) < 4.78 is 4.87. The number of rotatable bonds is 7. The third kappa shape index (κ3) is 4.64. The fourth-order valence-electron chi connectivity index (χ4n) is 1.34. The zero-order valence-electron chi connectivity index (χ0n) is 10.8. The van der Waals surface area contributed by atoms with Gasteiger partial charge in [-0.05, 0) is 6.92 Å². The maximum atomic E-state index is 10.8. The summed E-state index contributed by atoms with van der Waals surface area (Å²) in [5, 5.41) is 23.5. The van der Waals surface area contributed by atoms with Crippen LogP contribution >= 0.6 is 0 Å². The first-order valence-electron chi connectivity index (χ1n) is 5.58. The van der Waals surface area contributed by atoms with Crippen molar-refractivity contribution >= 4 is 17.5 Å². The number of nitrogen functional groups attached to an aromatic ring is 1. The highest BCUT2D eigenvalue weighted by Gasteiger charge is 2.23. The predicted octanol–water partition coefficient (Wildman–Crippen LogP) is 0.166. The van der Waals surface area contributed by atoms with Gasteiger partial charge < -0.3 is 20.9 Å². The van der Waals surface area contributed by atoms with Crippen LogP contribution in [0.2, 0.25) is 0 Å². The SMILES string of the molecule is COCCC(C)(O)CNc1nc(N)ncc1[N+](=O)[O-]. The van der Waals surface area contributed by atoms with Gasteiger partial charge in [0.25, 0.3) is 0 Å². The Morgan fingerprint density at radius 3 is 2.95 bits per heavy atom. The van der Waals surface area contributed by atoms with E-state index in [4.69, 9.17) is 10.5 Å². The summed E-state index contributed by atoms with van der Waals surface area (Å²) in [6.07, 6.45) is 1.40. The Kier molecular flexibility index (Phi) is 4.95. The first-order chi connectivity index (χ1) is 8.85. The number of nitro groups is 1. The molecule has 0 saturated heterocycles. The van der Waals surface area contributed by atoms with E-state index in [0.29, 0.717) is 13.0 Å². The van der Waals surface area contributed by atoms with Gasteiger partial charge in [0.15, 0.2) is 0 Å². The molecule has 106 valence electrons. The van der Waals surface area contributed by atoms with Crippen molar-refractivity contribution in [1.29, 1.82) is 0 Å². The molecule has 0 bridgehead atoms. The molecule has 0 aliphatic carbocycles. The van der Waals surface area contributed by atoms with E-state index >= 15 is 0 Å². The van der Waals surface area contributed by atoms with Crippen LogP contribution in [-0.4, -0.2) is 45.9 Å². The molecule has 4 N–H and O–H groups in total. The summed E-state index contributed by atoms with van der Waals surface area (Å²) in [5.41, 5.74) is 4.01. The summed E-state index contributed by atoms with van der Waals surface area (Å²) in [6.45, 7) is 2.05. The molecule has 0 saturated carbocycles. The maximum Gasteiger partial charge on any atom is 0.329 e. The highest BCUT2D eigenvalue weighted by Crippen LogP contribution is 2.22. The van der Waals surface area contributed by atoms with E-state index in [2.05, 4.69) is 15.3 Å². The molecule has 1 rings (SSSR count). The summed E-state index contributed by atoms with van der Waals surface area (Å²) in [6, 6.07) is 0. The lowest BCUT2D eigenvalue weighted by Crippen LogP contribution is -2.35. The smallest absolute Gasteiger partial charge is 0.329 e. The number of anilines is 2. The second-order valence-electron chi connectivity index (χ2n) is 4.31. The number of aromatic nitrogens is 2. The van der Waals surface area contributed by atoms with Crippen LogP contribution in [0, 0.1) is 10.1 Å². The van der Waals surface area contributed by atoms with Gasteiger partial charge in [0, 0.05) is 26.7 Å². The molecule has 0 radical (unpaired) electrons. The zero-order valence-corrected chi connectivity index (χ0v) is 10.8. The van der Waals surface area contributed by atoms with E-state index in [0.717, 1.165) is 6.20 Å². The number of nitrogens with zero attached hydrogens (tertiary/aromatic N) is 3.